The van der Waals surface area contributed by atoms with Crippen LogP contribution in [0, 0.1) is 17.0 Å². The van der Waals surface area contributed by atoms with Gasteiger partial charge in [-0.3, -0.25) is 19.6 Å². The third-order valence-electron chi connectivity index (χ3n) is 4.30. The molecule has 9 nitrogen and oxygen atoms in total. The smallest absolute Gasteiger partial charge is 0.311 e. The van der Waals surface area contributed by atoms with E-state index in [0.29, 0.717) is 16.5 Å². The molecule has 2 aromatic heterocycles. The van der Waals surface area contributed by atoms with E-state index in [1.165, 1.54) is 29.3 Å². The molecular formula is C19H19ClN4O5. The molecule has 1 amide bonds. The first kappa shape index (κ1) is 20.4. The van der Waals surface area contributed by atoms with Crippen LogP contribution in [-0.2, 0) is 20.2 Å². The molecule has 0 saturated heterocycles. The van der Waals surface area contributed by atoms with E-state index in [-0.39, 0.29) is 36.3 Å². The Morgan fingerprint density at radius 3 is 2.79 bits per heavy atom. The van der Waals surface area contributed by atoms with E-state index in [2.05, 4.69) is 5.10 Å². The number of rotatable bonds is 7. The number of hydrogen-bond donors (Lipinski definition) is 0. The Labute approximate surface area is 171 Å². The summed E-state index contributed by atoms with van der Waals surface area (Å²) in [5.74, 6) is 0.292. The van der Waals surface area contributed by atoms with E-state index in [9.17, 15) is 14.9 Å². The molecule has 0 saturated carbocycles. The molecule has 0 N–H and O–H groups in total. The predicted octanol–water partition coefficient (Wildman–Crippen LogP) is 3.73. The lowest BCUT2D eigenvalue weighted by Crippen LogP contribution is -2.27. The van der Waals surface area contributed by atoms with Gasteiger partial charge in [0.05, 0.1) is 28.4 Å². The first-order valence-corrected chi connectivity index (χ1v) is 9.02. The van der Waals surface area contributed by atoms with Gasteiger partial charge < -0.3 is 14.1 Å². The van der Waals surface area contributed by atoms with Gasteiger partial charge in [0, 0.05) is 20.2 Å². The van der Waals surface area contributed by atoms with Gasteiger partial charge >= 0.3 is 5.69 Å². The molecule has 3 rings (SSSR count). The first-order chi connectivity index (χ1) is 13.8. The highest BCUT2D eigenvalue weighted by atomic mass is 35.5. The fourth-order valence-electron chi connectivity index (χ4n) is 2.71. The van der Waals surface area contributed by atoms with Crippen LogP contribution in [-0.4, -0.2) is 32.6 Å². The molecule has 0 aliphatic carbocycles. The maximum atomic E-state index is 12.6. The molecule has 2 heterocycles. The van der Waals surface area contributed by atoms with Crippen molar-refractivity contribution < 1.29 is 18.9 Å². The number of furan rings is 1. The largest absolute Gasteiger partial charge is 0.479 e. The minimum absolute atomic E-state index is 0.0472. The van der Waals surface area contributed by atoms with Crippen molar-refractivity contribution in [1.82, 2.24) is 14.7 Å². The van der Waals surface area contributed by atoms with Crippen LogP contribution in [0.1, 0.15) is 27.6 Å². The van der Waals surface area contributed by atoms with E-state index >= 15 is 0 Å². The predicted molar refractivity (Wildman–Crippen MR) is 105 cm³/mol. The lowest BCUT2D eigenvalue weighted by Gasteiger charge is -2.16. The minimum Gasteiger partial charge on any atom is -0.479 e. The van der Waals surface area contributed by atoms with Crippen LogP contribution in [0.15, 0.2) is 40.9 Å². The van der Waals surface area contributed by atoms with Crippen molar-refractivity contribution in [3.63, 3.8) is 0 Å². The first-order valence-electron chi connectivity index (χ1n) is 8.64. The number of nitro benzene ring substituents is 1. The van der Waals surface area contributed by atoms with Crippen LogP contribution >= 0.6 is 11.6 Å². The Hall–Kier alpha value is -3.33. The molecule has 0 bridgehead atoms. The summed E-state index contributed by atoms with van der Waals surface area (Å²) < 4.78 is 12.7. The van der Waals surface area contributed by atoms with Crippen molar-refractivity contribution >= 4 is 23.2 Å². The maximum Gasteiger partial charge on any atom is 0.311 e. The van der Waals surface area contributed by atoms with E-state index < -0.39 is 4.92 Å². The van der Waals surface area contributed by atoms with Crippen LogP contribution in [0.2, 0.25) is 5.02 Å². The number of nitro groups is 1. The summed E-state index contributed by atoms with van der Waals surface area (Å²) in [5, 5.41) is 15.7. The van der Waals surface area contributed by atoms with E-state index in [0.717, 1.165) is 5.56 Å². The molecule has 0 aliphatic rings. The summed E-state index contributed by atoms with van der Waals surface area (Å²) in [6, 6.07) is 7.82. The Morgan fingerprint density at radius 2 is 2.14 bits per heavy atom. The van der Waals surface area contributed by atoms with Crippen molar-refractivity contribution in [2.24, 2.45) is 7.05 Å². The highest BCUT2D eigenvalue weighted by molar-refractivity contribution is 6.31. The fraction of sp³-hybridized carbons (Fsp3) is 0.263. The standard InChI is InChI=1S/C19H19ClN4O5/c1-12-4-6-17(15(8-12)24(26)27)28-11-13-5-7-18(29-13)19(25)22(2)10-16-14(20)9-21-23(16)3/h4-9H,10-11H2,1-3H3. The molecule has 0 unspecified atom stereocenters. The third-order valence-corrected chi connectivity index (χ3v) is 4.61. The molecule has 3 aromatic rings. The summed E-state index contributed by atoms with van der Waals surface area (Å²) >= 11 is 6.08. The molecule has 152 valence electrons. The maximum absolute atomic E-state index is 12.6. The van der Waals surface area contributed by atoms with Crippen molar-refractivity contribution in [2.75, 3.05) is 7.05 Å². The number of carbonyl (C=O) groups is 1. The van der Waals surface area contributed by atoms with Gasteiger partial charge in [0.25, 0.3) is 5.91 Å². The number of carbonyl (C=O) groups excluding carboxylic acids is 1. The zero-order valence-electron chi connectivity index (χ0n) is 16.1. The number of amides is 1. The number of aromatic nitrogens is 2. The fourth-order valence-corrected chi connectivity index (χ4v) is 2.94. The number of halogens is 1. The molecule has 1 aromatic carbocycles. The summed E-state index contributed by atoms with van der Waals surface area (Å²) in [4.78, 5) is 24.7. The molecule has 29 heavy (non-hydrogen) atoms. The van der Waals surface area contributed by atoms with Gasteiger partial charge in [-0.15, -0.1) is 0 Å². The molecule has 0 aliphatic heterocycles. The van der Waals surface area contributed by atoms with Crippen molar-refractivity contribution in [3.8, 4) is 5.75 Å². The Morgan fingerprint density at radius 1 is 1.38 bits per heavy atom. The van der Waals surface area contributed by atoms with Gasteiger partial charge in [0.2, 0.25) is 0 Å². The van der Waals surface area contributed by atoms with Crippen LogP contribution in [0.5, 0.6) is 5.75 Å². The SMILES string of the molecule is Cc1ccc(OCc2ccc(C(=O)N(C)Cc3c(Cl)cnn3C)o2)c([N+](=O)[O-])c1. The quantitative estimate of drug-likeness (QED) is 0.427. The van der Waals surface area contributed by atoms with Crippen LogP contribution < -0.4 is 4.74 Å². The minimum atomic E-state index is -0.502. The molecular weight excluding hydrogens is 400 g/mol. The zero-order chi connectivity index (χ0) is 21.1. The van der Waals surface area contributed by atoms with E-state index in [4.69, 9.17) is 20.8 Å². The van der Waals surface area contributed by atoms with Crippen molar-refractivity contribution in [2.45, 2.75) is 20.1 Å². The Bertz CT molecular complexity index is 1040. The Balaban J connectivity index is 1.66. The van der Waals surface area contributed by atoms with Gasteiger partial charge in [-0.2, -0.15) is 5.10 Å². The second-order valence-corrected chi connectivity index (χ2v) is 6.91. The zero-order valence-corrected chi connectivity index (χ0v) is 16.8. The molecule has 0 atom stereocenters. The second kappa shape index (κ2) is 8.36. The van der Waals surface area contributed by atoms with E-state index in [1.807, 2.05) is 0 Å². The van der Waals surface area contributed by atoms with Crippen LogP contribution in [0.4, 0.5) is 5.69 Å². The summed E-state index contributed by atoms with van der Waals surface area (Å²) in [7, 11) is 3.37. The normalized spacial score (nSPS) is 10.8. The lowest BCUT2D eigenvalue weighted by molar-refractivity contribution is -0.386. The lowest BCUT2D eigenvalue weighted by atomic mass is 10.2. The van der Waals surface area contributed by atoms with Gasteiger partial charge in [0.15, 0.2) is 11.5 Å². The number of benzene rings is 1. The monoisotopic (exact) mass is 418 g/mol. The number of aryl methyl sites for hydroxylation is 2. The average Bonchev–Trinajstić information content (AvgIpc) is 3.28. The summed E-state index contributed by atoms with van der Waals surface area (Å²) in [5.41, 5.74) is 1.33. The highest BCUT2D eigenvalue weighted by Crippen LogP contribution is 2.28. The summed E-state index contributed by atoms with van der Waals surface area (Å²) in [6.45, 7) is 1.97. The van der Waals surface area contributed by atoms with Crippen molar-refractivity contribution in [1.29, 1.82) is 0 Å². The number of hydrogen-bond acceptors (Lipinski definition) is 6. The second-order valence-electron chi connectivity index (χ2n) is 6.51. The molecule has 10 heteroatoms. The van der Waals surface area contributed by atoms with Gasteiger partial charge in [-0.05, 0) is 30.7 Å². The molecule has 0 fully saturated rings. The Kier molecular flexibility index (Phi) is 5.88. The van der Waals surface area contributed by atoms with E-state index in [1.54, 1.807) is 37.8 Å². The molecule has 0 spiro atoms. The highest BCUT2D eigenvalue weighted by Gasteiger charge is 2.20. The van der Waals surface area contributed by atoms with Crippen molar-refractivity contribution in [3.05, 3.63) is 74.4 Å². The number of nitrogens with zero attached hydrogens (tertiary/aromatic N) is 4. The number of ether oxygens (including phenoxy) is 1. The van der Waals surface area contributed by atoms with Gasteiger partial charge in [-0.25, -0.2) is 0 Å². The van der Waals surface area contributed by atoms with Gasteiger partial charge in [-0.1, -0.05) is 17.7 Å². The summed E-state index contributed by atoms with van der Waals surface area (Å²) in [6.07, 6.45) is 1.52. The van der Waals surface area contributed by atoms with Gasteiger partial charge in [0.1, 0.15) is 12.4 Å². The third kappa shape index (κ3) is 4.57. The van der Waals surface area contributed by atoms with Crippen LogP contribution in [0.3, 0.4) is 0 Å². The van der Waals surface area contributed by atoms with Crippen LogP contribution in [0.25, 0.3) is 0 Å². The topological polar surface area (TPSA) is 104 Å². The molecule has 0 radical (unpaired) electrons. The average molecular weight is 419 g/mol.